The van der Waals surface area contributed by atoms with Gasteiger partial charge in [-0.25, -0.2) is 17.2 Å². The summed E-state index contributed by atoms with van der Waals surface area (Å²) in [6, 6.07) is 12.9. The van der Waals surface area contributed by atoms with Crippen molar-refractivity contribution in [1.82, 2.24) is 0 Å². The van der Waals surface area contributed by atoms with Gasteiger partial charge in [0.1, 0.15) is 11.6 Å². The molecule has 0 saturated carbocycles. The van der Waals surface area contributed by atoms with E-state index in [4.69, 9.17) is 11.6 Å². The van der Waals surface area contributed by atoms with Crippen LogP contribution in [0.2, 0.25) is 5.02 Å². The summed E-state index contributed by atoms with van der Waals surface area (Å²) in [4.78, 5) is 11.8. The fraction of sp³-hybridized carbons (Fsp3) is 0.0500. The number of aryl methyl sites for hydroxylation is 1. The second-order valence-corrected chi connectivity index (χ2v) is 8.26. The monoisotopic (exact) mass is 436 g/mol. The van der Waals surface area contributed by atoms with Crippen LogP contribution in [0.5, 0.6) is 0 Å². The molecule has 0 radical (unpaired) electrons. The van der Waals surface area contributed by atoms with Gasteiger partial charge in [-0.2, -0.15) is 0 Å². The zero-order valence-corrected chi connectivity index (χ0v) is 16.6. The molecule has 9 heteroatoms. The van der Waals surface area contributed by atoms with Crippen molar-refractivity contribution >= 4 is 38.9 Å². The lowest BCUT2D eigenvalue weighted by atomic mass is 10.2. The zero-order valence-electron chi connectivity index (χ0n) is 15.0. The van der Waals surface area contributed by atoms with Crippen LogP contribution < -0.4 is 10.0 Å². The average molecular weight is 437 g/mol. The number of carbonyl (C=O) groups excluding carboxylic acids is 1. The van der Waals surface area contributed by atoms with E-state index in [9.17, 15) is 22.0 Å². The number of hydrogen-bond donors (Lipinski definition) is 2. The lowest BCUT2D eigenvalue weighted by Crippen LogP contribution is -2.16. The first-order valence-corrected chi connectivity index (χ1v) is 10.2. The summed E-state index contributed by atoms with van der Waals surface area (Å²) in [5.74, 6) is -2.60. The van der Waals surface area contributed by atoms with E-state index >= 15 is 0 Å². The molecule has 3 aromatic carbocycles. The van der Waals surface area contributed by atoms with Crippen LogP contribution in [0.4, 0.5) is 20.2 Å². The van der Waals surface area contributed by atoms with Crippen LogP contribution in [0.1, 0.15) is 15.9 Å². The van der Waals surface area contributed by atoms with E-state index in [0.717, 1.165) is 24.3 Å². The highest BCUT2D eigenvalue weighted by Crippen LogP contribution is 2.25. The lowest BCUT2D eigenvalue weighted by Gasteiger charge is -2.12. The number of rotatable bonds is 5. The number of halogens is 3. The number of hydrogen-bond acceptors (Lipinski definition) is 3. The van der Waals surface area contributed by atoms with Gasteiger partial charge in [0.15, 0.2) is 0 Å². The predicted octanol–water partition coefficient (Wildman–Crippen LogP) is 4.98. The van der Waals surface area contributed by atoms with Crippen molar-refractivity contribution in [2.45, 2.75) is 11.8 Å². The molecule has 150 valence electrons. The van der Waals surface area contributed by atoms with E-state index in [-0.39, 0.29) is 21.8 Å². The number of nitrogens with one attached hydrogen (secondary N) is 2. The lowest BCUT2D eigenvalue weighted by molar-refractivity contribution is 0.102. The fourth-order valence-corrected chi connectivity index (χ4v) is 3.81. The van der Waals surface area contributed by atoms with Crippen LogP contribution in [-0.4, -0.2) is 14.3 Å². The van der Waals surface area contributed by atoms with Gasteiger partial charge in [0.2, 0.25) is 0 Å². The Bertz CT molecular complexity index is 1200. The Labute approximate surface area is 171 Å². The van der Waals surface area contributed by atoms with Crippen molar-refractivity contribution in [3.8, 4) is 0 Å². The summed E-state index contributed by atoms with van der Waals surface area (Å²) in [6.07, 6.45) is 0. The molecule has 3 aromatic rings. The van der Waals surface area contributed by atoms with Crippen molar-refractivity contribution in [2.75, 3.05) is 10.0 Å². The van der Waals surface area contributed by atoms with Crippen molar-refractivity contribution in [2.24, 2.45) is 0 Å². The summed E-state index contributed by atoms with van der Waals surface area (Å²) >= 11 is 5.89. The van der Waals surface area contributed by atoms with Gasteiger partial charge in [0.05, 0.1) is 21.8 Å². The Hall–Kier alpha value is -2.97. The van der Waals surface area contributed by atoms with Gasteiger partial charge in [0, 0.05) is 5.02 Å². The van der Waals surface area contributed by atoms with E-state index < -0.39 is 27.6 Å². The average Bonchev–Trinajstić information content (AvgIpc) is 2.66. The molecule has 29 heavy (non-hydrogen) atoms. The van der Waals surface area contributed by atoms with Crippen molar-refractivity contribution in [3.63, 3.8) is 0 Å². The molecule has 0 atom stereocenters. The minimum Gasteiger partial charge on any atom is -0.319 e. The fourth-order valence-electron chi connectivity index (χ4n) is 2.51. The molecule has 0 unspecified atom stereocenters. The Morgan fingerprint density at radius 1 is 0.931 bits per heavy atom. The third kappa shape index (κ3) is 4.72. The highest BCUT2D eigenvalue weighted by atomic mass is 35.5. The smallest absolute Gasteiger partial charge is 0.262 e. The van der Waals surface area contributed by atoms with Crippen LogP contribution in [0.3, 0.4) is 0 Å². The van der Waals surface area contributed by atoms with Gasteiger partial charge >= 0.3 is 0 Å². The maximum Gasteiger partial charge on any atom is 0.262 e. The Kier molecular flexibility index (Phi) is 5.86. The van der Waals surface area contributed by atoms with Crippen molar-refractivity contribution < 1.29 is 22.0 Å². The van der Waals surface area contributed by atoms with Gasteiger partial charge in [-0.05, 0) is 55.0 Å². The molecular formula is C20H15ClF2N2O3S. The number of carbonyl (C=O) groups is 1. The third-order valence-electron chi connectivity index (χ3n) is 4.06. The predicted molar refractivity (Wildman–Crippen MR) is 108 cm³/mol. The maximum absolute atomic E-state index is 14.4. The molecule has 1 amide bonds. The number of sulfonamides is 1. The van der Waals surface area contributed by atoms with Gasteiger partial charge in [-0.15, -0.1) is 0 Å². The molecule has 5 nitrogen and oxygen atoms in total. The van der Waals surface area contributed by atoms with Gasteiger partial charge < -0.3 is 5.32 Å². The zero-order chi connectivity index (χ0) is 21.2. The third-order valence-corrected chi connectivity index (χ3v) is 5.66. The van der Waals surface area contributed by atoms with Crippen molar-refractivity contribution in [1.29, 1.82) is 0 Å². The largest absolute Gasteiger partial charge is 0.319 e. The first-order chi connectivity index (χ1) is 13.7. The minimum atomic E-state index is -4.10. The van der Waals surface area contributed by atoms with E-state index in [0.29, 0.717) is 10.6 Å². The minimum absolute atomic E-state index is 0.259. The number of anilines is 2. The van der Waals surface area contributed by atoms with Crippen LogP contribution in [-0.2, 0) is 10.0 Å². The Morgan fingerprint density at radius 2 is 1.66 bits per heavy atom. The number of benzene rings is 3. The summed E-state index contributed by atoms with van der Waals surface area (Å²) in [5.41, 5.74) is 0.347. The molecule has 0 heterocycles. The highest BCUT2D eigenvalue weighted by molar-refractivity contribution is 7.92. The van der Waals surface area contributed by atoms with Crippen LogP contribution in [0.25, 0.3) is 0 Å². The molecule has 0 bridgehead atoms. The van der Waals surface area contributed by atoms with Crippen LogP contribution >= 0.6 is 11.6 Å². The van der Waals surface area contributed by atoms with Crippen LogP contribution in [0, 0.1) is 18.6 Å². The molecular weight excluding hydrogens is 422 g/mol. The summed E-state index contributed by atoms with van der Waals surface area (Å²) in [6.45, 7) is 1.69. The normalized spacial score (nSPS) is 11.2. The van der Waals surface area contributed by atoms with Crippen molar-refractivity contribution in [3.05, 3.63) is 88.4 Å². The van der Waals surface area contributed by atoms with Gasteiger partial charge in [-0.1, -0.05) is 29.8 Å². The first kappa shape index (κ1) is 20.8. The molecule has 0 fully saturated rings. The number of amides is 1. The Morgan fingerprint density at radius 3 is 2.34 bits per heavy atom. The molecule has 0 saturated heterocycles. The SMILES string of the molecule is Cc1ccc(Cl)cc1NS(=O)(=O)c1ccc(NC(=O)c2ccccc2F)c(F)c1. The maximum atomic E-state index is 14.4. The molecule has 0 aliphatic carbocycles. The quantitative estimate of drug-likeness (QED) is 0.592. The second-order valence-electron chi connectivity index (χ2n) is 6.14. The highest BCUT2D eigenvalue weighted by Gasteiger charge is 2.19. The molecule has 0 spiro atoms. The summed E-state index contributed by atoms with van der Waals surface area (Å²) in [7, 11) is -4.10. The molecule has 0 aromatic heterocycles. The molecule has 2 N–H and O–H groups in total. The van der Waals surface area contributed by atoms with Gasteiger partial charge in [-0.3, -0.25) is 9.52 Å². The second kappa shape index (κ2) is 8.18. The van der Waals surface area contributed by atoms with E-state index in [2.05, 4.69) is 10.0 Å². The molecule has 3 rings (SSSR count). The van der Waals surface area contributed by atoms with E-state index in [1.807, 2.05) is 0 Å². The molecule has 0 aliphatic rings. The standard InChI is InChI=1S/C20H15ClF2N2O3S/c1-12-6-7-13(21)10-19(12)25-29(27,28)14-8-9-18(17(23)11-14)24-20(26)15-4-2-3-5-16(15)22/h2-11,25H,1H3,(H,24,26). The summed E-state index contributed by atoms with van der Waals surface area (Å²) in [5, 5.41) is 2.56. The molecule has 0 aliphatic heterocycles. The first-order valence-electron chi connectivity index (χ1n) is 8.32. The summed E-state index contributed by atoms with van der Waals surface area (Å²) < 4.78 is 55.6. The van der Waals surface area contributed by atoms with Gasteiger partial charge in [0.25, 0.3) is 15.9 Å². The topological polar surface area (TPSA) is 75.3 Å². The van der Waals surface area contributed by atoms with E-state index in [1.165, 1.54) is 24.3 Å². The van der Waals surface area contributed by atoms with Crippen LogP contribution in [0.15, 0.2) is 65.6 Å². The Balaban J connectivity index is 1.84. The van der Waals surface area contributed by atoms with E-state index in [1.54, 1.807) is 19.1 Å².